The number of nitrogens with two attached hydrogens (primary N) is 1. The molecule has 1 rings (SSSR count). The third-order valence-electron chi connectivity index (χ3n) is 3.76. The topological polar surface area (TPSA) is 91.0 Å². The highest BCUT2D eigenvalue weighted by atomic mass is 16.4. The molecule has 1 heterocycles. The van der Waals surface area contributed by atoms with E-state index in [1.807, 2.05) is 6.92 Å². The van der Waals surface area contributed by atoms with E-state index in [9.17, 15) is 4.79 Å². The van der Waals surface area contributed by atoms with Crippen LogP contribution in [0.4, 0.5) is 0 Å². The van der Waals surface area contributed by atoms with Gasteiger partial charge in [0, 0.05) is 13.1 Å². The van der Waals surface area contributed by atoms with Gasteiger partial charge >= 0.3 is 0 Å². The van der Waals surface area contributed by atoms with Gasteiger partial charge in [0.2, 0.25) is 5.91 Å². The molecule has 1 amide bonds. The first-order valence-corrected chi connectivity index (χ1v) is 7.56. The minimum Gasteiger partial charge on any atom is -0.409 e. The third kappa shape index (κ3) is 5.36. The van der Waals surface area contributed by atoms with Crippen molar-refractivity contribution in [3.8, 4) is 0 Å². The largest absolute Gasteiger partial charge is 0.409 e. The average Bonchev–Trinajstić information content (AvgIpc) is 2.94. The second-order valence-electron chi connectivity index (χ2n) is 5.72. The molecule has 0 aromatic rings. The molecule has 1 aliphatic rings. The van der Waals surface area contributed by atoms with Crippen molar-refractivity contribution in [2.24, 2.45) is 22.7 Å². The summed E-state index contributed by atoms with van der Waals surface area (Å²) in [4.78, 5) is 14.5. The van der Waals surface area contributed by atoms with E-state index in [0.29, 0.717) is 18.9 Å². The van der Waals surface area contributed by atoms with Crippen LogP contribution >= 0.6 is 0 Å². The van der Waals surface area contributed by atoms with Crippen LogP contribution in [0.1, 0.15) is 39.5 Å². The number of carbonyl (C=O) groups excluding carboxylic acids is 1. The van der Waals surface area contributed by atoms with E-state index in [-0.39, 0.29) is 11.7 Å². The molecule has 0 spiro atoms. The van der Waals surface area contributed by atoms with Crippen molar-refractivity contribution in [2.45, 2.75) is 39.5 Å². The molecule has 0 aromatic carbocycles. The lowest BCUT2D eigenvalue weighted by molar-refractivity contribution is -0.123. The number of nitrogens with one attached hydrogen (secondary N) is 1. The van der Waals surface area contributed by atoms with Gasteiger partial charge in [-0.2, -0.15) is 0 Å². The summed E-state index contributed by atoms with van der Waals surface area (Å²) in [5, 5.41) is 14.6. The van der Waals surface area contributed by atoms with Crippen LogP contribution in [-0.4, -0.2) is 48.0 Å². The molecule has 1 saturated heterocycles. The van der Waals surface area contributed by atoms with Gasteiger partial charge in [-0.05, 0) is 38.3 Å². The number of hydrogen-bond acceptors (Lipinski definition) is 4. The molecular weight excluding hydrogens is 256 g/mol. The Labute approximate surface area is 121 Å². The van der Waals surface area contributed by atoms with Crippen molar-refractivity contribution in [1.82, 2.24) is 10.2 Å². The zero-order valence-electron chi connectivity index (χ0n) is 12.6. The summed E-state index contributed by atoms with van der Waals surface area (Å²) in [5.74, 6) is -0.262. The summed E-state index contributed by atoms with van der Waals surface area (Å²) in [6, 6.07) is 0. The van der Waals surface area contributed by atoms with Crippen LogP contribution in [0, 0.1) is 11.8 Å². The van der Waals surface area contributed by atoms with E-state index in [0.717, 1.165) is 13.0 Å². The molecule has 0 aromatic heterocycles. The smallest absolute Gasteiger partial charge is 0.230 e. The zero-order valence-corrected chi connectivity index (χ0v) is 12.6. The van der Waals surface area contributed by atoms with Gasteiger partial charge in [-0.3, -0.25) is 4.79 Å². The lowest BCUT2D eigenvalue weighted by Gasteiger charge is -2.21. The molecule has 0 saturated carbocycles. The minimum absolute atomic E-state index is 0.00320. The molecule has 0 radical (unpaired) electrons. The summed E-state index contributed by atoms with van der Waals surface area (Å²) in [6.45, 7) is 8.09. The predicted octanol–water partition coefficient (Wildman–Crippen LogP) is 0.997. The van der Waals surface area contributed by atoms with Gasteiger partial charge in [-0.1, -0.05) is 25.4 Å². The van der Waals surface area contributed by atoms with Crippen molar-refractivity contribution in [1.29, 1.82) is 0 Å². The quantitative estimate of drug-likeness (QED) is 0.268. The van der Waals surface area contributed by atoms with E-state index in [4.69, 9.17) is 10.9 Å². The maximum absolute atomic E-state index is 12.1. The van der Waals surface area contributed by atoms with Crippen molar-refractivity contribution in [2.75, 3.05) is 26.2 Å². The molecule has 0 aliphatic carbocycles. The SMILES string of the molecule is CCCC(C(=O)NCC(C)CN1CCCC1)C(N)=NO. The Morgan fingerprint density at radius 3 is 2.65 bits per heavy atom. The zero-order chi connectivity index (χ0) is 15.0. The Morgan fingerprint density at radius 2 is 2.10 bits per heavy atom. The lowest BCUT2D eigenvalue weighted by atomic mass is 10.0. The van der Waals surface area contributed by atoms with Crippen molar-refractivity contribution in [3.05, 3.63) is 0 Å². The fourth-order valence-electron chi connectivity index (χ4n) is 2.64. The Hall–Kier alpha value is -1.30. The number of oxime groups is 1. The molecule has 20 heavy (non-hydrogen) atoms. The van der Waals surface area contributed by atoms with Gasteiger partial charge in [0.25, 0.3) is 0 Å². The van der Waals surface area contributed by atoms with Crippen molar-refractivity contribution in [3.63, 3.8) is 0 Å². The first-order valence-electron chi connectivity index (χ1n) is 7.56. The van der Waals surface area contributed by atoms with Gasteiger partial charge in [-0.25, -0.2) is 0 Å². The van der Waals surface area contributed by atoms with E-state index in [1.165, 1.54) is 25.9 Å². The van der Waals surface area contributed by atoms with Crippen LogP contribution in [0.3, 0.4) is 0 Å². The van der Waals surface area contributed by atoms with Crippen LogP contribution in [0.2, 0.25) is 0 Å². The fraction of sp³-hybridized carbons (Fsp3) is 0.857. The van der Waals surface area contributed by atoms with Crippen LogP contribution < -0.4 is 11.1 Å². The Kier molecular flexibility index (Phi) is 7.36. The molecule has 2 unspecified atom stereocenters. The summed E-state index contributed by atoms with van der Waals surface area (Å²) in [6.07, 6.45) is 3.97. The lowest BCUT2D eigenvalue weighted by Crippen LogP contribution is -2.41. The van der Waals surface area contributed by atoms with Gasteiger partial charge in [-0.15, -0.1) is 0 Å². The van der Waals surface area contributed by atoms with Crippen LogP contribution in [0.25, 0.3) is 0 Å². The van der Waals surface area contributed by atoms with Gasteiger partial charge in [0.15, 0.2) is 5.84 Å². The van der Waals surface area contributed by atoms with E-state index in [2.05, 4.69) is 22.3 Å². The summed E-state index contributed by atoms with van der Waals surface area (Å²) in [5.41, 5.74) is 5.57. The van der Waals surface area contributed by atoms with Gasteiger partial charge < -0.3 is 21.2 Å². The summed E-state index contributed by atoms with van der Waals surface area (Å²) in [7, 11) is 0. The highest BCUT2D eigenvalue weighted by Crippen LogP contribution is 2.11. The predicted molar refractivity (Wildman–Crippen MR) is 79.7 cm³/mol. The van der Waals surface area contributed by atoms with Crippen molar-refractivity contribution >= 4 is 11.7 Å². The third-order valence-corrected chi connectivity index (χ3v) is 3.76. The van der Waals surface area contributed by atoms with E-state index in [1.54, 1.807) is 0 Å². The number of hydrogen-bond donors (Lipinski definition) is 3. The second-order valence-corrected chi connectivity index (χ2v) is 5.72. The molecule has 6 nitrogen and oxygen atoms in total. The van der Waals surface area contributed by atoms with Crippen LogP contribution in [-0.2, 0) is 4.79 Å². The van der Waals surface area contributed by atoms with Crippen molar-refractivity contribution < 1.29 is 10.0 Å². The number of amides is 1. The molecule has 4 N–H and O–H groups in total. The molecule has 0 bridgehead atoms. The molecule has 116 valence electrons. The Morgan fingerprint density at radius 1 is 1.45 bits per heavy atom. The molecule has 2 atom stereocenters. The summed E-state index contributed by atoms with van der Waals surface area (Å²) < 4.78 is 0. The number of amidine groups is 1. The standard InChI is InChI=1S/C14H28N4O2/c1-3-6-12(13(15)17-20)14(19)16-9-11(2)10-18-7-4-5-8-18/h11-12,20H,3-10H2,1-2H3,(H2,15,17)(H,16,19). The minimum atomic E-state index is -0.524. The van der Waals surface area contributed by atoms with E-state index < -0.39 is 5.92 Å². The maximum Gasteiger partial charge on any atom is 0.230 e. The molecular formula is C14H28N4O2. The van der Waals surface area contributed by atoms with Gasteiger partial charge in [0.05, 0.1) is 5.92 Å². The molecule has 1 fully saturated rings. The van der Waals surface area contributed by atoms with Crippen LogP contribution in [0.5, 0.6) is 0 Å². The highest BCUT2D eigenvalue weighted by molar-refractivity contribution is 6.02. The number of carbonyl (C=O) groups is 1. The monoisotopic (exact) mass is 284 g/mol. The first kappa shape index (κ1) is 16.8. The first-order chi connectivity index (χ1) is 9.58. The molecule has 1 aliphatic heterocycles. The normalized spacial score (nSPS) is 19.8. The second kappa shape index (κ2) is 8.79. The van der Waals surface area contributed by atoms with Gasteiger partial charge in [0.1, 0.15) is 0 Å². The van der Waals surface area contributed by atoms with E-state index >= 15 is 0 Å². The molecule has 6 heteroatoms. The number of rotatable bonds is 8. The highest BCUT2D eigenvalue weighted by Gasteiger charge is 2.23. The Balaban J connectivity index is 2.35. The summed E-state index contributed by atoms with van der Waals surface area (Å²) >= 11 is 0. The number of nitrogens with zero attached hydrogens (tertiary/aromatic N) is 2. The number of likely N-dealkylation sites (tertiary alicyclic amines) is 1. The fourth-order valence-corrected chi connectivity index (χ4v) is 2.64. The van der Waals surface area contributed by atoms with Crippen LogP contribution in [0.15, 0.2) is 5.16 Å². The maximum atomic E-state index is 12.1. The Bertz CT molecular complexity index is 327. The average molecular weight is 284 g/mol.